The third-order valence-corrected chi connectivity index (χ3v) is 2.25. The van der Waals surface area contributed by atoms with Crippen molar-refractivity contribution in [3.63, 3.8) is 0 Å². The van der Waals surface area contributed by atoms with E-state index in [0.717, 1.165) is 17.1 Å². The van der Waals surface area contributed by atoms with Crippen LogP contribution >= 0.6 is 11.6 Å². The van der Waals surface area contributed by atoms with Crippen LogP contribution in [0.2, 0.25) is 5.28 Å². The molecule has 1 heterocycles. The van der Waals surface area contributed by atoms with Crippen LogP contribution in [0.5, 0.6) is 0 Å². The number of nitrogens with zero attached hydrogens (tertiary/aromatic N) is 2. The molecule has 1 aromatic heterocycles. The molecule has 82 valence electrons. The summed E-state index contributed by atoms with van der Waals surface area (Å²) in [5.74, 6) is 0. The number of hydrogen-bond acceptors (Lipinski definition) is 4. The molecule has 16 heavy (non-hydrogen) atoms. The topological polar surface area (TPSA) is 63.8 Å². The summed E-state index contributed by atoms with van der Waals surface area (Å²) in [5, 5.41) is 3.47. The van der Waals surface area contributed by atoms with Crippen molar-refractivity contribution in [1.29, 1.82) is 0 Å². The fourth-order valence-electron chi connectivity index (χ4n) is 1.26. The summed E-state index contributed by atoms with van der Waals surface area (Å²) >= 11 is 5.68. The number of hydrogen-bond donors (Lipinski definition) is 2. The molecule has 0 aliphatic rings. The molecule has 0 aliphatic heterocycles. The zero-order valence-corrected chi connectivity index (χ0v) is 9.28. The summed E-state index contributed by atoms with van der Waals surface area (Å²) in [7, 11) is 0. The van der Waals surface area contributed by atoms with E-state index in [1.807, 2.05) is 30.3 Å². The predicted octanol–water partition coefficient (Wildman–Crippen LogP) is 2.32. The molecular weight excluding hydrogens is 224 g/mol. The Balaban J connectivity index is 1.99. The average Bonchev–Trinajstić information content (AvgIpc) is 2.28. The lowest BCUT2D eigenvalue weighted by Crippen LogP contribution is -2.02. The standard InChI is InChI=1S/C11H11ClN4/c12-11-14-6-5-10(16-11)7-15-9-3-1-8(13)2-4-9/h1-6,15H,7,13H2. The minimum Gasteiger partial charge on any atom is -0.399 e. The van der Waals surface area contributed by atoms with Gasteiger partial charge >= 0.3 is 0 Å². The Labute approximate surface area is 98.5 Å². The molecule has 2 rings (SSSR count). The van der Waals surface area contributed by atoms with Crippen LogP contribution in [0.25, 0.3) is 0 Å². The highest BCUT2D eigenvalue weighted by Crippen LogP contribution is 2.11. The van der Waals surface area contributed by atoms with E-state index < -0.39 is 0 Å². The molecule has 0 unspecified atom stereocenters. The van der Waals surface area contributed by atoms with Crippen LogP contribution in [0.4, 0.5) is 11.4 Å². The molecule has 3 N–H and O–H groups in total. The normalized spacial score (nSPS) is 10.1. The molecule has 0 saturated carbocycles. The van der Waals surface area contributed by atoms with E-state index in [2.05, 4.69) is 15.3 Å². The first-order valence-corrected chi connectivity index (χ1v) is 5.19. The largest absolute Gasteiger partial charge is 0.399 e. The zero-order chi connectivity index (χ0) is 11.4. The van der Waals surface area contributed by atoms with Crippen molar-refractivity contribution in [2.45, 2.75) is 6.54 Å². The van der Waals surface area contributed by atoms with Crippen LogP contribution in [0.3, 0.4) is 0 Å². The molecule has 4 nitrogen and oxygen atoms in total. The molecule has 0 saturated heterocycles. The van der Waals surface area contributed by atoms with Crippen molar-refractivity contribution in [3.05, 3.63) is 47.5 Å². The molecule has 0 fully saturated rings. The minimum atomic E-state index is 0.261. The zero-order valence-electron chi connectivity index (χ0n) is 8.52. The monoisotopic (exact) mass is 234 g/mol. The van der Waals surface area contributed by atoms with E-state index in [0.29, 0.717) is 6.54 Å². The van der Waals surface area contributed by atoms with Gasteiger partial charge in [-0.25, -0.2) is 9.97 Å². The van der Waals surface area contributed by atoms with Crippen molar-refractivity contribution < 1.29 is 0 Å². The molecule has 0 atom stereocenters. The highest BCUT2D eigenvalue weighted by atomic mass is 35.5. The number of rotatable bonds is 3. The fraction of sp³-hybridized carbons (Fsp3) is 0.0909. The first kappa shape index (κ1) is 10.7. The van der Waals surface area contributed by atoms with E-state index in [-0.39, 0.29) is 5.28 Å². The maximum absolute atomic E-state index is 5.68. The predicted molar refractivity (Wildman–Crippen MR) is 65.2 cm³/mol. The van der Waals surface area contributed by atoms with Gasteiger partial charge in [0.2, 0.25) is 5.28 Å². The van der Waals surface area contributed by atoms with Crippen LogP contribution in [0.1, 0.15) is 5.69 Å². The van der Waals surface area contributed by atoms with E-state index in [9.17, 15) is 0 Å². The number of benzene rings is 1. The van der Waals surface area contributed by atoms with Gasteiger partial charge in [-0.3, -0.25) is 0 Å². The number of nitrogen functional groups attached to an aromatic ring is 1. The van der Waals surface area contributed by atoms with Crippen LogP contribution in [0, 0.1) is 0 Å². The number of halogens is 1. The van der Waals surface area contributed by atoms with Crippen molar-refractivity contribution in [3.8, 4) is 0 Å². The van der Waals surface area contributed by atoms with Crippen LogP contribution in [-0.2, 0) is 6.54 Å². The number of nitrogens with one attached hydrogen (secondary N) is 1. The Bertz CT molecular complexity index is 470. The second-order valence-corrected chi connectivity index (χ2v) is 3.63. The van der Waals surface area contributed by atoms with Gasteiger partial charge in [-0.05, 0) is 41.9 Å². The summed E-state index contributed by atoms with van der Waals surface area (Å²) in [4.78, 5) is 7.89. The SMILES string of the molecule is Nc1ccc(NCc2ccnc(Cl)n2)cc1. The fourth-order valence-corrected chi connectivity index (χ4v) is 1.43. The number of anilines is 2. The quantitative estimate of drug-likeness (QED) is 0.632. The molecule has 0 amide bonds. The Morgan fingerprint density at radius 3 is 2.62 bits per heavy atom. The number of nitrogens with two attached hydrogens (primary N) is 1. The third kappa shape index (κ3) is 2.84. The van der Waals surface area contributed by atoms with Gasteiger partial charge in [-0.15, -0.1) is 0 Å². The van der Waals surface area contributed by atoms with Gasteiger partial charge in [-0.1, -0.05) is 0 Å². The molecule has 0 radical (unpaired) electrons. The van der Waals surface area contributed by atoms with Gasteiger partial charge in [0.05, 0.1) is 12.2 Å². The smallest absolute Gasteiger partial charge is 0.222 e. The molecule has 2 aromatic rings. The lowest BCUT2D eigenvalue weighted by Gasteiger charge is -2.05. The molecule has 0 spiro atoms. The van der Waals surface area contributed by atoms with Gasteiger partial charge in [0.1, 0.15) is 0 Å². The number of aromatic nitrogens is 2. The molecule has 0 aliphatic carbocycles. The summed E-state index contributed by atoms with van der Waals surface area (Å²) in [6.07, 6.45) is 1.63. The van der Waals surface area contributed by atoms with Crippen molar-refractivity contribution in [2.75, 3.05) is 11.1 Å². The van der Waals surface area contributed by atoms with Gasteiger partial charge in [0.15, 0.2) is 0 Å². The Morgan fingerprint density at radius 2 is 1.94 bits per heavy atom. The summed E-state index contributed by atoms with van der Waals surface area (Å²) in [6, 6.07) is 9.33. The lowest BCUT2D eigenvalue weighted by atomic mass is 10.3. The maximum Gasteiger partial charge on any atom is 0.222 e. The summed E-state index contributed by atoms with van der Waals surface area (Å²) < 4.78 is 0. The molecule has 0 bridgehead atoms. The van der Waals surface area contributed by atoms with Gasteiger partial charge in [0, 0.05) is 17.6 Å². The van der Waals surface area contributed by atoms with Crippen molar-refractivity contribution in [2.24, 2.45) is 0 Å². The Hall–Kier alpha value is -1.81. The summed E-state index contributed by atoms with van der Waals surface area (Å²) in [6.45, 7) is 0.603. The van der Waals surface area contributed by atoms with E-state index >= 15 is 0 Å². The van der Waals surface area contributed by atoms with Crippen molar-refractivity contribution >= 4 is 23.0 Å². The van der Waals surface area contributed by atoms with Gasteiger partial charge in [-0.2, -0.15) is 0 Å². The first-order valence-electron chi connectivity index (χ1n) is 4.81. The third-order valence-electron chi connectivity index (χ3n) is 2.07. The molecule has 1 aromatic carbocycles. The lowest BCUT2D eigenvalue weighted by molar-refractivity contribution is 1.01. The Morgan fingerprint density at radius 1 is 1.19 bits per heavy atom. The van der Waals surface area contributed by atoms with Gasteiger partial charge in [0.25, 0.3) is 0 Å². The van der Waals surface area contributed by atoms with E-state index in [1.165, 1.54) is 0 Å². The van der Waals surface area contributed by atoms with Crippen LogP contribution < -0.4 is 11.1 Å². The molecular formula is C11H11ClN4. The Kier molecular flexibility index (Phi) is 3.22. The van der Waals surface area contributed by atoms with E-state index in [4.69, 9.17) is 17.3 Å². The second kappa shape index (κ2) is 4.81. The highest BCUT2D eigenvalue weighted by molar-refractivity contribution is 6.28. The van der Waals surface area contributed by atoms with Gasteiger partial charge < -0.3 is 11.1 Å². The van der Waals surface area contributed by atoms with Crippen LogP contribution in [0.15, 0.2) is 36.5 Å². The minimum absolute atomic E-state index is 0.261. The van der Waals surface area contributed by atoms with Crippen molar-refractivity contribution in [1.82, 2.24) is 9.97 Å². The average molecular weight is 235 g/mol. The maximum atomic E-state index is 5.68. The van der Waals surface area contributed by atoms with Crippen LogP contribution in [-0.4, -0.2) is 9.97 Å². The summed E-state index contributed by atoms with van der Waals surface area (Å²) in [5.41, 5.74) is 8.17. The second-order valence-electron chi connectivity index (χ2n) is 3.29. The highest BCUT2D eigenvalue weighted by Gasteiger charge is 1.97. The molecule has 5 heteroatoms. The first-order chi connectivity index (χ1) is 7.74. The van der Waals surface area contributed by atoms with E-state index in [1.54, 1.807) is 6.20 Å².